The fourth-order valence-electron chi connectivity index (χ4n) is 7.83. The van der Waals surface area contributed by atoms with E-state index in [1.54, 1.807) is 18.2 Å². The number of ether oxygens (including phenoxy) is 4. The topological polar surface area (TPSA) is 154 Å². The lowest BCUT2D eigenvalue weighted by Gasteiger charge is -2.40. The highest BCUT2D eigenvalue weighted by Crippen LogP contribution is 2.34. The Balaban J connectivity index is 0.646. The number of amides is 4. The van der Waals surface area contributed by atoms with E-state index in [9.17, 15) is 19.2 Å². The first-order valence-corrected chi connectivity index (χ1v) is 18.7. The number of anilines is 1. The van der Waals surface area contributed by atoms with Crippen molar-refractivity contribution in [3.05, 3.63) is 84.3 Å². The van der Waals surface area contributed by atoms with Gasteiger partial charge in [-0.1, -0.05) is 12.1 Å². The maximum absolute atomic E-state index is 13.1. The standard InChI is InChI=1S/C41H40N6O8/c1-45-34-10-11-42-21-33(34)30-5-2-24(16-36(30)45)25-3-9-38(43-20-25)55-28-18-27(19-28)53-14-12-52-13-15-54-29-22-46(23-29)26-4-6-31-32(17-26)41(51)47(40(31)50)35-7-8-37(48)44-39(35)49/h2-6,9-11,16-17,20-21,27-29,35H,7-8,12-15,18-19,22-23H2,1H3,(H,44,48,49)/t27-,28-,35?. The van der Waals surface area contributed by atoms with E-state index in [4.69, 9.17) is 18.9 Å². The summed E-state index contributed by atoms with van der Waals surface area (Å²) in [5.41, 5.74) is 5.78. The molecule has 282 valence electrons. The average molecular weight is 745 g/mol. The Hall–Kier alpha value is -5.70. The summed E-state index contributed by atoms with van der Waals surface area (Å²) in [6.07, 6.45) is 7.67. The summed E-state index contributed by atoms with van der Waals surface area (Å²) in [5, 5.41) is 4.55. The third-order valence-electron chi connectivity index (χ3n) is 11.0. The molecule has 3 fully saturated rings. The Labute approximate surface area is 316 Å². The van der Waals surface area contributed by atoms with Crippen molar-refractivity contribution in [3.63, 3.8) is 0 Å². The molecule has 1 aliphatic carbocycles. The lowest BCUT2D eigenvalue weighted by molar-refractivity contribution is -0.136. The molecule has 2 saturated heterocycles. The van der Waals surface area contributed by atoms with Crippen molar-refractivity contribution < 1.29 is 38.1 Å². The fourth-order valence-corrected chi connectivity index (χ4v) is 7.83. The van der Waals surface area contributed by atoms with Crippen LogP contribution in [0.5, 0.6) is 5.88 Å². The number of rotatable bonds is 13. The van der Waals surface area contributed by atoms with Gasteiger partial charge in [-0.3, -0.25) is 34.4 Å². The highest BCUT2D eigenvalue weighted by Gasteiger charge is 2.45. The van der Waals surface area contributed by atoms with Crippen LogP contribution >= 0.6 is 0 Å². The third-order valence-corrected chi connectivity index (χ3v) is 11.0. The van der Waals surface area contributed by atoms with Crippen LogP contribution in [0.4, 0.5) is 5.69 Å². The van der Waals surface area contributed by atoms with Gasteiger partial charge >= 0.3 is 0 Å². The molecule has 0 bridgehead atoms. The van der Waals surface area contributed by atoms with Crippen molar-refractivity contribution in [1.29, 1.82) is 0 Å². The summed E-state index contributed by atoms with van der Waals surface area (Å²) in [5.74, 6) is -1.43. The zero-order chi connectivity index (χ0) is 37.6. The van der Waals surface area contributed by atoms with Gasteiger partial charge in [-0.2, -0.15) is 0 Å². The molecule has 14 heteroatoms. The minimum absolute atomic E-state index is 0.0282. The molecule has 1 saturated carbocycles. The van der Waals surface area contributed by atoms with Gasteiger partial charge in [-0.15, -0.1) is 0 Å². The number of hydrogen-bond donors (Lipinski definition) is 1. The summed E-state index contributed by atoms with van der Waals surface area (Å²) in [4.78, 5) is 61.9. The third kappa shape index (κ3) is 6.70. The SMILES string of the molecule is Cn1c2ccncc2c2ccc(-c3ccc(O[C@H]4C[C@H](OCCOCCOC5CN(c6ccc7c(c6)C(=O)N(C6CCC(=O)NC6=O)C7=O)C5)C4)nc3)cc21. The van der Waals surface area contributed by atoms with Gasteiger partial charge in [0.05, 0.1) is 55.3 Å². The molecule has 4 amide bonds. The molecule has 2 aromatic carbocycles. The van der Waals surface area contributed by atoms with Gasteiger partial charge in [0.2, 0.25) is 17.7 Å². The van der Waals surface area contributed by atoms with Gasteiger partial charge in [0.25, 0.3) is 11.8 Å². The van der Waals surface area contributed by atoms with Crippen LogP contribution in [0.1, 0.15) is 46.4 Å². The Morgan fingerprint density at radius 1 is 0.764 bits per heavy atom. The Kier molecular flexibility index (Phi) is 9.24. The number of hydrogen-bond acceptors (Lipinski definition) is 11. The summed E-state index contributed by atoms with van der Waals surface area (Å²) in [6.45, 7) is 3.18. The molecule has 0 spiro atoms. The van der Waals surface area contributed by atoms with Gasteiger partial charge in [0.1, 0.15) is 12.1 Å². The molecule has 55 heavy (non-hydrogen) atoms. The number of benzene rings is 2. The molecule has 0 radical (unpaired) electrons. The van der Waals surface area contributed by atoms with Crippen LogP contribution in [-0.4, -0.2) is 107 Å². The smallest absolute Gasteiger partial charge is 0.262 e. The van der Waals surface area contributed by atoms with E-state index in [-0.39, 0.29) is 42.3 Å². The number of pyridine rings is 2. The van der Waals surface area contributed by atoms with Crippen molar-refractivity contribution in [2.24, 2.45) is 7.05 Å². The second-order valence-electron chi connectivity index (χ2n) is 14.5. The molecule has 1 N–H and O–H groups in total. The number of imide groups is 2. The van der Waals surface area contributed by atoms with Crippen LogP contribution in [-0.2, 0) is 30.8 Å². The van der Waals surface area contributed by atoms with Crippen molar-refractivity contribution in [1.82, 2.24) is 24.8 Å². The highest BCUT2D eigenvalue weighted by atomic mass is 16.6. The van der Waals surface area contributed by atoms with E-state index < -0.39 is 29.7 Å². The maximum Gasteiger partial charge on any atom is 0.262 e. The van der Waals surface area contributed by atoms with Gasteiger partial charge in [0.15, 0.2) is 0 Å². The highest BCUT2D eigenvalue weighted by molar-refractivity contribution is 6.23. The Bertz CT molecular complexity index is 2310. The largest absolute Gasteiger partial charge is 0.474 e. The van der Waals surface area contributed by atoms with Crippen molar-refractivity contribution >= 4 is 51.1 Å². The summed E-state index contributed by atoms with van der Waals surface area (Å²) >= 11 is 0. The van der Waals surface area contributed by atoms with Gasteiger partial charge in [-0.25, -0.2) is 4.98 Å². The number of piperidine rings is 1. The molecule has 4 aliphatic rings. The molecular formula is C41H40N6O8. The number of nitrogens with zero attached hydrogens (tertiary/aromatic N) is 5. The zero-order valence-corrected chi connectivity index (χ0v) is 30.3. The molecule has 3 aliphatic heterocycles. The molecule has 14 nitrogen and oxygen atoms in total. The van der Waals surface area contributed by atoms with Crippen LogP contribution in [0.3, 0.4) is 0 Å². The molecule has 6 heterocycles. The first kappa shape index (κ1) is 35.0. The zero-order valence-electron chi connectivity index (χ0n) is 30.3. The quantitative estimate of drug-likeness (QED) is 0.137. The number of nitrogens with one attached hydrogen (secondary N) is 1. The van der Waals surface area contributed by atoms with Crippen molar-refractivity contribution in [3.8, 4) is 17.0 Å². The predicted octanol–water partition coefficient (Wildman–Crippen LogP) is 4.04. The second-order valence-corrected chi connectivity index (χ2v) is 14.5. The Morgan fingerprint density at radius 2 is 1.55 bits per heavy atom. The van der Waals surface area contributed by atoms with E-state index in [1.807, 2.05) is 36.8 Å². The molecule has 9 rings (SSSR count). The lowest BCUT2D eigenvalue weighted by atomic mass is 9.92. The van der Waals surface area contributed by atoms with E-state index in [1.165, 1.54) is 5.39 Å². The number of aromatic nitrogens is 3. The van der Waals surface area contributed by atoms with Crippen LogP contribution < -0.4 is 15.0 Å². The molecule has 1 unspecified atom stereocenters. The van der Waals surface area contributed by atoms with Gasteiger partial charge in [-0.05, 0) is 48.4 Å². The normalized spacial score (nSPS) is 21.2. The molecule has 3 aromatic heterocycles. The first-order valence-electron chi connectivity index (χ1n) is 18.7. The monoisotopic (exact) mass is 744 g/mol. The molecular weight excluding hydrogens is 704 g/mol. The minimum atomic E-state index is -0.980. The van der Waals surface area contributed by atoms with Crippen molar-refractivity contribution in [2.45, 2.75) is 50.0 Å². The predicted molar refractivity (Wildman–Crippen MR) is 201 cm³/mol. The van der Waals surface area contributed by atoms with E-state index >= 15 is 0 Å². The first-order chi connectivity index (χ1) is 26.8. The summed E-state index contributed by atoms with van der Waals surface area (Å²) in [7, 11) is 2.08. The van der Waals surface area contributed by atoms with Crippen LogP contribution in [0, 0.1) is 0 Å². The Morgan fingerprint density at radius 3 is 2.33 bits per heavy atom. The molecule has 1 atom stereocenters. The molecule has 5 aromatic rings. The maximum atomic E-state index is 13.1. The summed E-state index contributed by atoms with van der Waals surface area (Å²) in [6, 6.07) is 16.6. The summed E-state index contributed by atoms with van der Waals surface area (Å²) < 4.78 is 25.9. The van der Waals surface area contributed by atoms with Crippen LogP contribution in [0.25, 0.3) is 32.9 Å². The fraction of sp³-hybridized carbons (Fsp3) is 0.366. The van der Waals surface area contributed by atoms with E-state index in [2.05, 4.69) is 50.0 Å². The lowest BCUT2D eigenvalue weighted by Crippen LogP contribution is -2.54. The minimum Gasteiger partial charge on any atom is -0.474 e. The van der Waals surface area contributed by atoms with E-state index in [0.717, 1.165) is 51.0 Å². The average Bonchev–Trinajstić information content (AvgIpc) is 3.58. The number of carbonyl (C=O) groups excluding carboxylic acids is 4. The van der Waals surface area contributed by atoms with Gasteiger partial charge < -0.3 is 28.4 Å². The van der Waals surface area contributed by atoms with Crippen LogP contribution in [0.15, 0.2) is 73.2 Å². The second kappa shape index (κ2) is 14.5. The van der Waals surface area contributed by atoms with Crippen LogP contribution in [0.2, 0.25) is 0 Å². The number of aryl methyl sites for hydroxylation is 1. The van der Waals surface area contributed by atoms with E-state index in [0.29, 0.717) is 45.4 Å². The number of carbonyl (C=O) groups is 4. The van der Waals surface area contributed by atoms with Crippen molar-refractivity contribution in [2.75, 3.05) is 44.4 Å². The van der Waals surface area contributed by atoms with Gasteiger partial charge in [0, 0.05) is 91.6 Å². The number of fused-ring (bicyclic) bond motifs is 4.